The first kappa shape index (κ1) is 15.8. The van der Waals surface area contributed by atoms with Crippen LogP contribution in [0.25, 0.3) is 0 Å². The quantitative estimate of drug-likeness (QED) is 0.736. The molecular weight excluding hydrogens is 208 g/mol. The third-order valence-electron chi connectivity index (χ3n) is 2.25. The van der Waals surface area contributed by atoms with Gasteiger partial charge in [-0.05, 0) is 19.3 Å². The molecule has 98 valence electrons. The maximum Gasteiger partial charge on any atom is 0.157 e. The van der Waals surface area contributed by atoms with Crippen molar-refractivity contribution < 1.29 is 18.9 Å². The normalized spacial score (nSPS) is 22.1. The molecule has 2 saturated heterocycles. The Morgan fingerprint density at radius 2 is 1.12 bits per heavy atom. The van der Waals surface area contributed by atoms with E-state index in [0.717, 1.165) is 45.7 Å². The van der Waals surface area contributed by atoms with Crippen LogP contribution >= 0.6 is 0 Å². The van der Waals surface area contributed by atoms with E-state index >= 15 is 0 Å². The zero-order valence-electron chi connectivity index (χ0n) is 9.74. The van der Waals surface area contributed by atoms with Gasteiger partial charge in [-0.25, -0.2) is 0 Å². The minimum atomic E-state index is 0. The Labute approximate surface area is 99.2 Å². The maximum atomic E-state index is 5.20. The number of rotatable bonds is 2. The van der Waals surface area contributed by atoms with Crippen molar-refractivity contribution in [3.8, 4) is 0 Å². The molecule has 0 saturated carbocycles. The van der Waals surface area contributed by atoms with E-state index in [1.807, 2.05) is 0 Å². The summed E-state index contributed by atoms with van der Waals surface area (Å²) < 4.78 is 20.6. The Bertz CT molecular complexity index is 140. The van der Waals surface area contributed by atoms with Gasteiger partial charge in [0.1, 0.15) is 0 Å². The van der Waals surface area contributed by atoms with E-state index in [4.69, 9.17) is 18.9 Å². The summed E-state index contributed by atoms with van der Waals surface area (Å²) in [5.41, 5.74) is 0. The fourth-order valence-electron chi connectivity index (χ4n) is 1.42. The lowest BCUT2D eigenvalue weighted by Gasteiger charge is -2.21. The lowest BCUT2D eigenvalue weighted by atomic mass is 10.4. The van der Waals surface area contributed by atoms with E-state index in [9.17, 15) is 0 Å². The molecule has 16 heavy (non-hydrogen) atoms. The molecule has 0 spiro atoms. The highest BCUT2D eigenvalue weighted by Crippen LogP contribution is 2.06. The van der Waals surface area contributed by atoms with Gasteiger partial charge in [-0.15, -0.1) is 0 Å². The number of hydrogen-bond acceptors (Lipinski definition) is 4. The third-order valence-corrected chi connectivity index (χ3v) is 2.25. The third kappa shape index (κ3) is 6.43. The molecule has 2 fully saturated rings. The van der Waals surface area contributed by atoms with Crippen LogP contribution in [-0.2, 0) is 18.9 Å². The average Bonchev–Trinajstić information content (AvgIpc) is 2.84. The SMILES string of the molecule is C.CCC1OCCCO1.CCC1OCCO1. The van der Waals surface area contributed by atoms with E-state index in [1.165, 1.54) is 0 Å². The molecule has 0 aromatic heterocycles. The molecule has 2 aliphatic rings. The zero-order valence-corrected chi connectivity index (χ0v) is 9.74. The van der Waals surface area contributed by atoms with Crippen molar-refractivity contribution in [3.05, 3.63) is 0 Å². The van der Waals surface area contributed by atoms with Crippen molar-refractivity contribution in [1.82, 2.24) is 0 Å². The lowest BCUT2D eigenvalue weighted by Crippen LogP contribution is -2.23. The summed E-state index contributed by atoms with van der Waals surface area (Å²) in [4.78, 5) is 0. The van der Waals surface area contributed by atoms with Crippen LogP contribution in [-0.4, -0.2) is 39.0 Å². The van der Waals surface area contributed by atoms with Gasteiger partial charge >= 0.3 is 0 Å². The van der Waals surface area contributed by atoms with Crippen LogP contribution in [0.3, 0.4) is 0 Å². The van der Waals surface area contributed by atoms with Gasteiger partial charge in [-0.1, -0.05) is 21.3 Å². The molecule has 0 aromatic rings. The van der Waals surface area contributed by atoms with Gasteiger partial charge in [0.05, 0.1) is 26.4 Å². The fraction of sp³-hybridized carbons (Fsp3) is 1.00. The van der Waals surface area contributed by atoms with Gasteiger partial charge in [-0.3, -0.25) is 0 Å². The number of hydrogen-bond donors (Lipinski definition) is 0. The summed E-state index contributed by atoms with van der Waals surface area (Å²) >= 11 is 0. The van der Waals surface area contributed by atoms with Crippen LogP contribution in [0.2, 0.25) is 0 Å². The Hall–Kier alpha value is -0.160. The summed E-state index contributed by atoms with van der Waals surface area (Å²) in [5.74, 6) is 0. The molecule has 0 aromatic carbocycles. The van der Waals surface area contributed by atoms with Crippen molar-refractivity contribution in [2.75, 3.05) is 26.4 Å². The van der Waals surface area contributed by atoms with Crippen LogP contribution in [0, 0.1) is 0 Å². The number of ether oxygens (including phenoxy) is 4. The van der Waals surface area contributed by atoms with Gasteiger partial charge in [-0.2, -0.15) is 0 Å². The van der Waals surface area contributed by atoms with Crippen molar-refractivity contribution in [2.24, 2.45) is 0 Å². The second-order valence-electron chi connectivity index (χ2n) is 3.51. The van der Waals surface area contributed by atoms with Crippen molar-refractivity contribution in [1.29, 1.82) is 0 Å². The lowest BCUT2D eigenvalue weighted by molar-refractivity contribution is -0.178. The molecule has 4 nitrogen and oxygen atoms in total. The molecule has 2 aliphatic heterocycles. The topological polar surface area (TPSA) is 36.9 Å². The average molecular weight is 234 g/mol. The second kappa shape index (κ2) is 10.0. The Balaban J connectivity index is 0.000000267. The molecule has 0 unspecified atom stereocenters. The van der Waals surface area contributed by atoms with Gasteiger partial charge in [0.15, 0.2) is 12.6 Å². The van der Waals surface area contributed by atoms with E-state index in [0.29, 0.717) is 0 Å². The molecule has 4 heteroatoms. The summed E-state index contributed by atoms with van der Waals surface area (Å²) in [6, 6.07) is 0. The van der Waals surface area contributed by atoms with Gasteiger partial charge < -0.3 is 18.9 Å². The van der Waals surface area contributed by atoms with E-state index in [2.05, 4.69) is 13.8 Å². The second-order valence-corrected chi connectivity index (χ2v) is 3.51. The summed E-state index contributed by atoms with van der Waals surface area (Å²) in [7, 11) is 0. The van der Waals surface area contributed by atoms with Crippen molar-refractivity contribution in [3.63, 3.8) is 0 Å². The Kier molecular flexibility index (Phi) is 9.92. The first-order chi connectivity index (χ1) is 7.36. The van der Waals surface area contributed by atoms with Crippen LogP contribution in [0.1, 0.15) is 40.5 Å². The first-order valence-corrected chi connectivity index (χ1v) is 5.83. The van der Waals surface area contributed by atoms with Crippen LogP contribution < -0.4 is 0 Å². The predicted molar refractivity (Wildman–Crippen MR) is 63.3 cm³/mol. The van der Waals surface area contributed by atoms with E-state index in [-0.39, 0.29) is 20.0 Å². The summed E-state index contributed by atoms with van der Waals surface area (Å²) in [6.07, 6.45) is 3.18. The molecule has 2 rings (SSSR count). The van der Waals surface area contributed by atoms with Crippen LogP contribution in [0.15, 0.2) is 0 Å². The van der Waals surface area contributed by atoms with Crippen molar-refractivity contribution in [2.45, 2.75) is 53.1 Å². The molecular formula is C12H26O4. The molecule has 0 atom stereocenters. The summed E-state index contributed by atoms with van der Waals surface area (Å²) in [6.45, 7) is 7.42. The molecule has 0 N–H and O–H groups in total. The minimum absolute atomic E-state index is 0. The van der Waals surface area contributed by atoms with Gasteiger partial charge in [0, 0.05) is 0 Å². The van der Waals surface area contributed by atoms with Gasteiger partial charge in [0.25, 0.3) is 0 Å². The molecule has 0 aliphatic carbocycles. The standard InChI is InChI=1S/C6H12O2.C5H10O2.CH4/c1-2-6-7-4-3-5-8-6;1-2-5-6-3-4-7-5;/h6H,2-5H2,1H3;5H,2-4H2,1H3;1H4. The van der Waals surface area contributed by atoms with Crippen LogP contribution in [0.4, 0.5) is 0 Å². The van der Waals surface area contributed by atoms with E-state index in [1.54, 1.807) is 0 Å². The molecule has 2 heterocycles. The Morgan fingerprint density at radius 1 is 0.750 bits per heavy atom. The maximum absolute atomic E-state index is 5.20. The smallest absolute Gasteiger partial charge is 0.157 e. The summed E-state index contributed by atoms with van der Waals surface area (Å²) in [5, 5.41) is 0. The molecule has 0 radical (unpaired) electrons. The highest BCUT2D eigenvalue weighted by atomic mass is 16.7. The monoisotopic (exact) mass is 234 g/mol. The fourth-order valence-corrected chi connectivity index (χ4v) is 1.42. The highest BCUT2D eigenvalue weighted by molar-refractivity contribution is 4.47. The highest BCUT2D eigenvalue weighted by Gasteiger charge is 2.11. The predicted octanol–water partition coefficient (Wildman–Crippen LogP) is 2.56. The van der Waals surface area contributed by atoms with E-state index < -0.39 is 0 Å². The van der Waals surface area contributed by atoms with Crippen LogP contribution in [0.5, 0.6) is 0 Å². The minimum Gasteiger partial charge on any atom is -0.353 e. The largest absolute Gasteiger partial charge is 0.353 e. The first-order valence-electron chi connectivity index (χ1n) is 5.83. The van der Waals surface area contributed by atoms with Gasteiger partial charge in [0.2, 0.25) is 0 Å². The van der Waals surface area contributed by atoms with Crippen molar-refractivity contribution >= 4 is 0 Å². The zero-order chi connectivity index (χ0) is 10.9. The molecule has 0 bridgehead atoms. The Morgan fingerprint density at radius 3 is 1.38 bits per heavy atom. The molecule has 0 amide bonds.